The van der Waals surface area contributed by atoms with Crippen LogP contribution in [0.15, 0.2) is 48.5 Å². The molecule has 0 radical (unpaired) electrons. The van der Waals surface area contributed by atoms with E-state index in [9.17, 15) is 4.79 Å². The van der Waals surface area contributed by atoms with Crippen LogP contribution in [0.3, 0.4) is 0 Å². The SMILES string of the molecule is COc1cccc(C[C@@H](C=O)c2cccc(OC)c2)c1. The number of hydrogen-bond donors (Lipinski definition) is 0. The van der Waals surface area contributed by atoms with Crippen LogP contribution in [0, 0.1) is 0 Å². The number of benzene rings is 2. The van der Waals surface area contributed by atoms with Crippen LogP contribution < -0.4 is 9.47 Å². The van der Waals surface area contributed by atoms with Gasteiger partial charge in [-0.25, -0.2) is 0 Å². The van der Waals surface area contributed by atoms with Gasteiger partial charge < -0.3 is 14.3 Å². The predicted octanol–water partition coefficient (Wildman–Crippen LogP) is 3.23. The second kappa shape index (κ2) is 6.75. The number of carbonyl (C=O) groups is 1. The molecule has 3 heteroatoms. The normalized spacial score (nSPS) is 11.7. The third kappa shape index (κ3) is 3.38. The van der Waals surface area contributed by atoms with Crippen molar-refractivity contribution in [3.05, 3.63) is 59.7 Å². The van der Waals surface area contributed by atoms with Gasteiger partial charge in [-0.1, -0.05) is 24.3 Å². The molecule has 2 aromatic carbocycles. The van der Waals surface area contributed by atoms with Crippen molar-refractivity contribution in [1.29, 1.82) is 0 Å². The van der Waals surface area contributed by atoms with Gasteiger partial charge >= 0.3 is 0 Å². The van der Waals surface area contributed by atoms with Crippen LogP contribution in [0.4, 0.5) is 0 Å². The van der Waals surface area contributed by atoms with E-state index in [1.54, 1.807) is 14.2 Å². The van der Waals surface area contributed by atoms with E-state index in [-0.39, 0.29) is 5.92 Å². The second-order valence-corrected chi connectivity index (χ2v) is 4.57. The summed E-state index contributed by atoms with van der Waals surface area (Å²) in [6.07, 6.45) is 1.63. The number of ether oxygens (including phenoxy) is 2. The smallest absolute Gasteiger partial charge is 0.127 e. The molecular weight excluding hydrogens is 252 g/mol. The molecule has 0 amide bonds. The Hall–Kier alpha value is -2.29. The molecule has 0 fully saturated rings. The van der Waals surface area contributed by atoms with Gasteiger partial charge in [-0.3, -0.25) is 0 Å². The summed E-state index contributed by atoms with van der Waals surface area (Å²) in [5, 5.41) is 0. The number of hydrogen-bond acceptors (Lipinski definition) is 3. The highest BCUT2D eigenvalue weighted by molar-refractivity contribution is 5.63. The van der Waals surface area contributed by atoms with Crippen molar-refractivity contribution in [3.8, 4) is 11.5 Å². The molecule has 0 aromatic heterocycles. The lowest BCUT2D eigenvalue weighted by atomic mass is 9.93. The standard InChI is InChI=1S/C17H18O3/c1-19-16-7-3-5-13(10-16)9-15(12-18)14-6-4-8-17(11-14)20-2/h3-8,10-12,15H,9H2,1-2H3/t15-/m0/s1. The van der Waals surface area contributed by atoms with E-state index in [2.05, 4.69) is 0 Å². The monoisotopic (exact) mass is 270 g/mol. The van der Waals surface area contributed by atoms with Gasteiger partial charge in [0.05, 0.1) is 14.2 Å². The fourth-order valence-electron chi connectivity index (χ4n) is 2.17. The molecule has 3 nitrogen and oxygen atoms in total. The molecule has 1 atom stereocenters. The van der Waals surface area contributed by atoms with Gasteiger partial charge in [0, 0.05) is 5.92 Å². The van der Waals surface area contributed by atoms with E-state index in [0.717, 1.165) is 28.9 Å². The van der Waals surface area contributed by atoms with Crippen molar-refractivity contribution in [2.45, 2.75) is 12.3 Å². The molecule has 0 aliphatic carbocycles. The van der Waals surface area contributed by atoms with Crippen molar-refractivity contribution in [3.63, 3.8) is 0 Å². The summed E-state index contributed by atoms with van der Waals surface area (Å²) in [4.78, 5) is 11.4. The largest absolute Gasteiger partial charge is 0.497 e. The zero-order valence-corrected chi connectivity index (χ0v) is 11.7. The first-order chi connectivity index (χ1) is 9.76. The Morgan fingerprint density at radius 1 is 1.00 bits per heavy atom. The Bertz CT molecular complexity index is 578. The zero-order valence-electron chi connectivity index (χ0n) is 11.7. The van der Waals surface area contributed by atoms with Crippen molar-refractivity contribution in [1.82, 2.24) is 0 Å². The van der Waals surface area contributed by atoms with Crippen LogP contribution in [0.5, 0.6) is 11.5 Å². The molecule has 0 heterocycles. The fourth-order valence-corrected chi connectivity index (χ4v) is 2.17. The molecule has 2 aromatic rings. The summed E-state index contributed by atoms with van der Waals surface area (Å²) >= 11 is 0. The molecule has 104 valence electrons. The molecule has 0 unspecified atom stereocenters. The van der Waals surface area contributed by atoms with Crippen LogP contribution in [0.25, 0.3) is 0 Å². The van der Waals surface area contributed by atoms with Crippen LogP contribution in [0.1, 0.15) is 17.0 Å². The summed E-state index contributed by atoms with van der Waals surface area (Å²) < 4.78 is 10.4. The van der Waals surface area contributed by atoms with Gasteiger partial charge in [-0.05, 0) is 41.8 Å². The first kappa shape index (κ1) is 14.1. The Labute approximate surface area is 119 Å². The minimum absolute atomic E-state index is 0.183. The van der Waals surface area contributed by atoms with E-state index < -0.39 is 0 Å². The van der Waals surface area contributed by atoms with Crippen molar-refractivity contribution in [2.24, 2.45) is 0 Å². The summed E-state index contributed by atoms with van der Waals surface area (Å²) in [5.41, 5.74) is 2.03. The second-order valence-electron chi connectivity index (χ2n) is 4.57. The van der Waals surface area contributed by atoms with E-state index in [1.165, 1.54) is 0 Å². The molecular formula is C17H18O3. The lowest BCUT2D eigenvalue weighted by Gasteiger charge is -2.12. The molecule has 0 saturated carbocycles. The number of rotatable bonds is 6. The zero-order chi connectivity index (χ0) is 14.4. The van der Waals surface area contributed by atoms with Crippen molar-refractivity contribution >= 4 is 6.29 Å². The fraction of sp³-hybridized carbons (Fsp3) is 0.235. The van der Waals surface area contributed by atoms with Gasteiger partial charge in [0.15, 0.2) is 0 Å². The summed E-state index contributed by atoms with van der Waals surface area (Å²) in [6.45, 7) is 0. The van der Waals surface area contributed by atoms with E-state index in [0.29, 0.717) is 6.42 Å². The number of carbonyl (C=O) groups excluding carboxylic acids is 1. The molecule has 0 N–H and O–H groups in total. The van der Waals surface area contributed by atoms with E-state index in [1.807, 2.05) is 48.5 Å². The van der Waals surface area contributed by atoms with Gasteiger partial charge in [0.2, 0.25) is 0 Å². The average molecular weight is 270 g/mol. The Kier molecular flexibility index (Phi) is 4.77. The third-order valence-corrected chi connectivity index (χ3v) is 3.28. The lowest BCUT2D eigenvalue weighted by Crippen LogP contribution is -2.05. The minimum Gasteiger partial charge on any atom is -0.497 e. The highest BCUT2D eigenvalue weighted by Crippen LogP contribution is 2.24. The Balaban J connectivity index is 2.21. The van der Waals surface area contributed by atoms with Crippen LogP contribution >= 0.6 is 0 Å². The van der Waals surface area contributed by atoms with Crippen LogP contribution in [-0.4, -0.2) is 20.5 Å². The summed E-state index contributed by atoms with van der Waals surface area (Å²) in [5.74, 6) is 1.38. The maximum absolute atomic E-state index is 11.4. The molecule has 0 aliphatic rings. The number of methoxy groups -OCH3 is 2. The first-order valence-corrected chi connectivity index (χ1v) is 6.49. The van der Waals surface area contributed by atoms with Crippen LogP contribution in [0.2, 0.25) is 0 Å². The third-order valence-electron chi connectivity index (χ3n) is 3.28. The number of aldehydes is 1. The highest BCUT2D eigenvalue weighted by atomic mass is 16.5. The highest BCUT2D eigenvalue weighted by Gasteiger charge is 2.12. The molecule has 2 rings (SSSR count). The topological polar surface area (TPSA) is 35.5 Å². The summed E-state index contributed by atoms with van der Waals surface area (Å²) in [7, 11) is 3.26. The Morgan fingerprint density at radius 2 is 1.65 bits per heavy atom. The van der Waals surface area contributed by atoms with E-state index >= 15 is 0 Å². The lowest BCUT2D eigenvalue weighted by molar-refractivity contribution is -0.109. The van der Waals surface area contributed by atoms with Gasteiger partial charge in [0.25, 0.3) is 0 Å². The first-order valence-electron chi connectivity index (χ1n) is 6.49. The maximum Gasteiger partial charge on any atom is 0.127 e. The molecule has 0 bridgehead atoms. The van der Waals surface area contributed by atoms with Gasteiger partial charge in [-0.15, -0.1) is 0 Å². The average Bonchev–Trinajstić information content (AvgIpc) is 2.52. The van der Waals surface area contributed by atoms with E-state index in [4.69, 9.17) is 9.47 Å². The van der Waals surface area contributed by atoms with Crippen molar-refractivity contribution < 1.29 is 14.3 Å². The van der Waals surface area contributed by atoms with Crippen LogP contribution in [-0.2, 0) is 11.2 Å². The predicted molar refractivity (Wildman–Crippen MR) is 78.5 cm³/mol. The molecule has 0 aliphatic heterocycles. The maximum atomic E-state index is 11.4. The molecule has 20 heavy (non-hydrogen) atoms. The van der Waals surface area contributed by atoms with Gasteiger partial charge in [-0.2, -0.15) is 0 Å². The van der Waals surface area contributed by atoms with Gasteiger partial charge in [0.1, 0.15) is 17.8 Å². The van der Waals surface area contributed by atoms with Crippen molar-refractivity contribution in [2.75, 3.05) is 14.2 Å². The quantitative estimate of drug-likeness (QED) is 0.756. The summed E-state index contributed by atoms with van der Waals surface area (Å²) in [6, 6.07) is 15.4. The molecule has 0 saturated heterocycles. The molecule has 0 spiro atoms. The minimum atomic E-state index is -0.183. The Morgan fingerprint density at radius 3 is 2.30 bits per heavy atom.